The fourth-order valence-electron chi connectivity index (χ4n) is 4.27. The first kappa shape index (κ1) is 19.8. The van der Waals surface area contributed by atoms with Crippen molar-refractivity contribution in [1.29, 1.82) is 0 Å². The second-order valence-electron chi connectivity index (χ2n) is 7.92. The highest BCUT2D eigenvalue weighted by Crippen LogP contribution is 2.24. The largest absolute Gasteiger partial charge is 0.478 e. The number of hydrogen-bond donors (Lipinski definition) is 0. The average molecular weight is 368 g/mol. The molecule has 0 aliphatic carbocycles. The summed E-state index contributed by atoms with van der Waals surface area (Å²) in [5.74, 6) is 1.47. The summed E-state index contributed by atoms with van der Waals surface area (Å²) in [6, 6.07) is 11.1. The minimum atomic E-state index is 0.498. The predicted molar refractivity (Wildman–Crippen MR) is 110 cm³/mol. The molecule has 1 fully saturated rings. The molecule has 0 spiro atoms. The van der Waals surface area contributed by atoms with E-state index in [9.17, 15) is 0 Å². The molecule has 0 saturated carbocycles. The van der Waals surface area contributed by atoms with Crippen LogP contribution in [0.4, 0.5) is 0 Å². The van der Waals surface area contributed by atoms with Gasteiger partial charge in [0, 0.05) is 42.2 Å². The molecule has 1 saturated heterocycles. The summed E-state index contributed by atoms with van der Waals surface area (Å²) in [7, 11) is 0. The van der Waals surface area contributed by atoms with Gasteiger partial charge in [0.25, 0.3) is 0 Å². The summed E-state index contributed by atoms with van der Waals surface area (Å²) in [5, 5.41) is 0. The molecule has 4 heteroatoms. The fourth-order valence-corrected chi connectivity index (χ4v) is 4.27. The minimum Gasteiger partial charge on any atom is -0.478 e. The molecule has 0 amide bonds. The highest BCUT2D eigenvalue weighted by atomic mass is 16.5. The Balaban J connectivity index is 1.59. The first-order chi connectivity index (χ1) is 13.0. The SMILES string of the molecule is CCOc1cccc(C[C@@H](C)N2CCC[C@H](Cc3cc(C)nc(C)c3)C2)n1. The van der Waals surface area contributed by atoms with E-state index in [0.29, 0.717) is 12.6 Å². The molecular formula is C23H33N3O. The zero-order valence-electron chi connectivity index (χ0n) is 17.2. The molecule has 2 aromatic rings. The molecule has 27 heavy (non-hydrogen) atoms. The van der Waals surface area contributed by atoms with Crippen molar-refractivity contribution < 1.29 is 4.74 Å². The quantitative estimate of drug-likeness (QED) is 0.728. The first-order valence-corrected chi connectivity index (χ1v) is 10.3. The lowest BCUT2D eigenvalue weighted by Gasteiger charge is -2.37. The summed E-state index contributed by atoms with van der Waals surface area (Å²) >= 11 is 0. The van der Waals surface area contributed by atoms with E-state index in [1.807, 2.05) is 19.1 Å². The number of likely N-dealkylation sites (tertiary alicyclic amines) is 1. The van der Waals surface area contributed by atoms with Gasteiger partial charge in [-0.25, -0.2) is 4.98 Å². The lowest BCUT2D eigenvalue weighted by atomic mass is 9.90. The first-order valence-electron chi connectivity index (χ1n) is 10.3. The second kappa shape index (κ2) is 9.32. The van der Waals surface area contributed by atoms with Crippen molar-refractivity contribution >= 4 is 0 Å². The van der Waals surface area contributed by atoms with Gasteiger partial charge < -0.3 is 4.74 Å². The van der Waals surface area contributed by atoms with E-state index < -0.39 is 0 Å². The van der Waals surface area contributed by atoms with Crippen LogP contribution in [0.3, 0.4) is 0 Å². The molecule has 0 N–H and O–H groups in total. The highest BCUT2D eigenvalue weighted by molar-refractivity contribution is 5.21. The van der Waals surface area contributed by atoms with Gasteiger partial charge in [0.15, 0.2) is 0 Å². The predicted octanol–water partition coefficient (Wildman–Crippen LogP) is 4.38. The van der Waals surface area contributed by atoms with Gasteiger partial charge in [0.1, 0.15) is 0 Å². The highest BCUT2D eigenvalue weighted by Gasteiger charge is 2.24. The third-order valence-electron chi connectivity index (χ3n) is 5.42. The Bertz CT molecular complexity index is 726. The number of hydrogen-bond acceptors (Lipinski definition) is 4. The van der Waals surface area contributed by atoms with E-state index in [1.54, 1.807) is 0 Å². The van der Waals surface area contributed by atoms with E-state index in [0.717, 1.165) is 41.7 Å². The van der Waals surface area contributed by atoms with Crippen molar-refractivity contribution in [3.05, 3.63) is 53.0 Å². The number of ether oxygens (including phenoxy) is 1. The Morgan fingerprint density at radius 2 is 1.96 bits per heavy atom. The van der Waals surface area contributed by atoms with Crippen molar-refractivity contribution in [3.63, 3.8) is 0 Å². The van der Waals surface area contributed by atoms with Crippen molar-refractivity contribution in [2.45, 2.75) is 59.4 Å². The maximum Gasteiger partial charge on any atom is 0.213 e. The number of aryl methyl sites for hydroxylation is 2. The van der Waals surface area contributed by atoms with Crippen LogP contribution in [0.25, 0.3) is 0 Å². The number of pyridine rings is 2. The Morgan fingerprint density at radius 1 is 1.19 bits per heavy atom. The van der Waals surface area contributed by atoms with E-state index in [-0.39, 0.29) is 0 Å². The number of piperidine rings is 1. The minimum absolute atomic E-state index is 0.498. The van der Waals surface area contributed by atoms with Crippen LogP contribution < -0.4 is 4.74 Å². The lowest BCUT2D eigenvalue weighted by Crippen LogP contribution is -2.42. The van der Waals surface area contributed by atoms with E-state index >= 15 is 0 Å². The zero-order chi connectivity index (χ0) is 19.2. The van der Waals surface area contributed by atoms with Crippen LogP contribution in [0.2, 0.25) is 0 Å². The van der Waals surface area contributed by atoms with Crippen molar-refractivity contribution in [1.82, 2.24) is 14.9 Å². The molecule has 3 heterocycles. The smallest absolute Gasteiger partial charge is 0.213 e. The van der Waals surface area contributed by atoms with Gasteiger partial charge in [0.05, 0.1) is 6.61 Å². The summed E-state index contributed by atoms with van der Waals surface area (Å²) in [6.07, 6.45) is 4.73. The van der Waals surface area contributed by atoms with E-state index in [2.05, 4.69) is 53.8 Å². The Kier molecular flexibility index (Phi) is 6.84. The molecule has 0 unspecified atom stereocenters. The van der Waals surface area contributed by atoms with Crippen molar-refractivity contribution in [3.8, 4) is 5.88 Å². The second-order valence-corrected chi connectivity index (χ2v) is 7.92. The van der Waals surface area contributed by atoms with Crippen molar-refractivity contribution in [2.24, 2.45) is 5.92 Å². The Hall–Kier alpha value is -1.94. The molecule has 0 aromatic carbocycles. The van der Waals surface area contributed by atoms with E-state index in [1.165, 1.54) is 31.5 Å². The van der Waals surface area contributed by atoms with Crippen molar-refractivity contribution in [2.75, 3.05) is 19.7 Å². The van der Waals surface area contributed by atoms with Gasteiger partial charge in [-0.2, -0.15) is 0 Å². The summed E-state index contributed by atoms with van der Waals surface area (Å²) in [4.78, 5) is 11.8. The van der Waals surface area contributed by atoms with Crippen LogP contribution in [0.5, 0.6) is 5.88 Å². The molecule has 0 radical (unpaired) electrons. The van der Waals surface area contributed by atoms with Crippen LogP contribution >= 0.6 is 0 Å². The molecule has 2 aromatic heterocycles. The van der Waals surface area contributed by atoms with Gasteiger partial charge in [-0.05, 0) is 83.2 Å². The standard InChI is InChI=1S/C23H33N3O/c1-5-27-23-10-6-9-22(25-23)14-19(4)26-11-7-8-20(16-26)15-21-12-17(2)24-18(3)13-21/h6,9-10,12-13,19-20H,5,7-8,11,14-16H2,1-4H3/t19-,20-/m1/s1. The zero-order valence-corrected chi connectivity index (χ0v) is 17.2. The van der Waals surface area contributed by atoms with Gasteiger partial charge in [-0.15, -0.1) is 0 Å². The van der Waals surface area contributed by atoms with Crippen LogP contribution in [0.15, 0.2) is 30.3 Å². The summed E-state index contributed by atoms with van der Waals surface area (Å²) < 4.78 is 5.55. The van der Waals surface area contributed by atoms with Crippen LogP contribution in [0.1, 0.15) is 49.3 Å². The molecule has 1 aliphatic rings. The molecule has 3 rings (SSSR count). The number of aromatic nitrogens is 2. The van der Waals surface area contributed by atoms with E-state index in [4.69, 9.17) is 4.74 Å². The maximum atomic E-state index is 5.55. The van der Waals surface area contributed by atoms with Crippen LogP contribution in [-0.2, 0) is 12.8 Å². The lowest BCUT2D eigenvalue weighted by molar-refractivity contribution is 0.130. The number of rotatable bonds is 7. The topological polar surface area (TPSA) is 38.2 Å². The van der Waals surface area contributed by atoms with Crippen LogP contribution in [-0.4, -0.2) is 40.6 Å². The molecule has 4 nitrogen and oxygen atoms in total. The average Bonchev–Trinajstić information content (AvgIpc) is 2.61. The van der Waals surface area contributed by atoms with Gasteiger partial charge in [0.2, 0.25) is 5.88 Å². The summed E-state index contributed by atoms with van der Waals surface area (Å²) in [5.41, 5.74) is 4.82. The molecular weight excluding hydrogens is 334 g/mol. The monoisotopic (exact) mass is 367 g/mol. The van der Waals surface area contributed by atoms with Crippen LogP contribution in [0, 0.1) is 19.8 Å². The summed E-state index contributed by atoms with van der Waals surface area (Å²) in [6.45, 7) is 11.5. The Labute approximate surface area is 164 Å². The molecule has 1 aliphatic heterocycles. The third kappa shape index (κ3) is 5.77. The fraction of sp³-hybridized carbons (Fsp3) is 0.565. The van der Waals surface area contributed by atoms with Gasteiger partial charge >= 0.3 is 0 Å². The maximum absolute atomic E-state index is 5.55. The van der Waals surface area contributed by atoms with Gasteiger partial charge in [-0.3, -0.25) is 9.88 Å². The third-order valence-corrected chi connectivity index (χ3v) is 5.42. The normalized spacial score (nSPS) is 19.0. The Morgan fingerprint density at radius 3 is 2.70 bits per heavy atom. The van der Waals surface area contributed by atoms with Gasteiger partial charge in [-0.1, -0.05) is 6.07 Å². The molecule has 2 atom stereocenters. The molecule has 146 valence electrons. The molecule has 0 bridgehead atoms. The number of nitrogens with zero attached hydrogens (tertiary/aromatic N) is 3.